The molecular weight excluding hydrogens is 360 g/mol. The van der Waals surface area contributed by atoms with Gasteiger partial charge < -0.3 is 9.88 Å². The Morgan fingerprint density at radius 1 is 1.25 bits per heavy atom. The van der Waals surface area contributed by atoms with Gasteiger partial charge in [0, 0.05) is 55.2 Å². The molecule has 1 amide bonds. The standard InChI is InChI=1S/C19H24N6O3/c26-19(18-16-9-15(25(27)28)5-6-17(16)22-23-18)21-10-13-1-3-14(4-2-13)11-24-8-7-20-12-24/h1-4,7-8,12,15-18,22-23H,5-6,9-11H2,(H,21,26). The fourth-order valence-corrected chi connectivity index (χ4v) is 4.14. The minimum absolute atomic E-state index is 0.0540. The molecule has 2 aromatic rings. The summed E-state index contributed by atoms with van der Waals surface area (Å²) in [4.78, 5) is 27.6. The quantitative estimate of drug-likeness (QED) is 0.502. The first-order chi connectivity index (χ1) is 13.6. The van der Waals surface area contributed by atoms with Gasteiger partial charge in [-0.05, 0) is 17.5 Å². The third-order valence-electron chi connectivity index (χ3n) is 5.72. The number of carbonyl (C=O) groups excluding carboxylic acids is 1. The Morgan fingerprint density at radius 3 is 2.75 bits per heavy atom. The average Bonchev–Trinajstić information content (AvgIpc) is 3.36. The van der Waals surface area contributed by atoms with Crippen LogP contribution in [0.3, 0.4) is 0 Å². The number of rotatable bonds is 6. The highest BCUT2D eigenvalue weighted by Gasteiger charge is 2.46. The Morgan fingerprint density at radius 2 is 2.04 bits per heavy atom. The van der Waals surface area contributed by atoms with Crippen LogP contribution in [0.15, 0.2) is 43.0 Å². The smallest absolute Gasteiger partial charge is 0.239 e. The lowest BCUT2D eigenvalue weighted by Crippen LogP contribution is -2.46. The SMILES string of the molecule is O=C(NCc1ccc(Cn2ccnc2)cc1)C1NNC2CCC([N+](=O)[O-])CC21. The van der Waals surface area contributed by atoms with E-state index in [1.165, 1.54) is 0 Å². The van der Waals surface area contributed by atoms with Crippen LogP contribution in [-0.2, 0) is 17.9 Å². The van der Waals surface area contributed by atoms with Crippen LogP contribution < -0.4 is 16.2 Å². The highest BCUT2D eigenvalue weighted by molar-refractivity contribution is 5.82. The van der Waals surface area contributed by atoms with Gasteiger partial charge in [0.1, 0.15) is 6.04 Å². The molecule has 1 aliphatic heterocycles. The molecule has 9 nitrogen and oxygen atoms in total. The first kappa shape index (κ1) is 18.6. The molecule has 1 saturated heterocycles. The zero-order valence-corrected chi connectivity index (χ0v) is 15.5. The molecule has 4 unspecified atom stereocenters. The Labute approximate surface area is 162 Å². The van der Waals surface area contributed by atoms with Crippen LogP contribution in [0, 0.1) is 16.0 Å². The van der Waals surface area contributed by atoms with Gasteiger partial charge in [0.25, 0.3) is 0 Å². The number of aromatic nitrogens is 2. The molecule has 4 rings (SSSR count). The number of imidazole rings is 1. The number of amides is 1. The second-order valence-corrected chi connectivity index (χ2v) is 7.56. The van der Waals surface area contributed by atoms with Crippen molar-refractivity contribution in [2.75, 3.05) is 0 Å². The molecule has 2 heterocycles. The van der Waals surface area contributed by atoms with E-state index in [0.717, 1.165) is 17.7 Å². The lowest BCUT2D eigenvalue weighted by atomic mass is 9.79. The number of nitro groups is 1. The number of hydrogen-bond donors (Lipinski definition) is 3. The van der Waals surface area contributed by atoms with Crippen LogP contribution in [-0.4, -0.2) is 38.5 Å². The van der Waals surface area contributed by atoms with Gasteiger partial charge in [-0.15, -0.1) is 0 Å². The summed E-state index contributed by atoms with van der Waals surface area (Å²) in [5.41, 5.74) is 8.34. The van der Waals surface area contributed by atoms with Crippen LogP contribution in [0.5, 0.6) is 0 Å². The van der Waals surface area contributed by atoms with Crippen molar-refractivity contribution in [1.82, 2.24) is 25.7 Å². The summed E-state index contributed by atoms with van der Waals surface area (Å²) in [5.74, 6) is -0.173. The molecule has 28 heavy (non-hydrogen) atoms. The largest absolute Gasteiger partial charge is 0.351 e. The van der Waals surface area contributed by atoms with Gasteiger partial charge in [0.2, 0.25) is 11.9 Å². The number of hydrazine groups is 1. The van der Waals surface area contributed by atoms with E-state index in [4.69, 9.17) is 0 Å². The summed E-state index contributed by atoms with van der Waals surface area (Å²) in [6, 6.07) is 7.20. The van der Waals surface area contributed by atoms with E-state index in [0.29, 0.717) is 25.8 Å². The number of benzene rings is 1. The number of carbonyl (C=O) groups is 1. The third kappa shape index (κ3) is 4.05. The predicted octanol–water partition coefficient (Wildman–Crippen LogP) is 0.838. The van der Waals surface area contributed by atoms with Crippen molar-refractivity contribution >= 4 is 5.91 Å². The van der Waals surface area contributed by atoms with E-state index in [1.54, 1.807) is 12.5 Å². The highest BCUT2D eigenvalue weighted by atomic mass is 16.6. The molecule has 0 radical (unpaired) electrons. The summed E-state index contributed by atoms with van der Waals surface area (Å²) in [5, 5.41) is 14.1. The monoisotopic (exact) mass is 384 g/mol. The van der Waals surface area contributed by atoms with Gasteiger partial charge in [-0.3, -0.25) is 20.3 Å². The van der Waals surface area contributed by atoms with Gasteiger partial charge >= 0.3 is 0 Å². The highest BCUT2D eigenvalue weighted by Crippen LogP contribution is 2.31. The Bertz CT molecular complexity index is 823. The Balaban J connectivity index is 1.31. The molecule has 9 heteroatoms. The molecular formula is C19H24N6O3. The van der Waals surface area contributed by atoms with Crippen molar-refractivity contribution < 1.29 is 9.72 Å². The minimum atomic E-state index is -0.554. The van der Waals surface area contributed by atoms with Crippen LogP contribution in [0.2, 0.25) is 0 Å². The van der Waals surface area contributed by atoms with E-state index in [2.05, 4.69) is 21.2 Å². The van der Waals surface area contributed by atoms with Crippen LogP contribution in [0.4, 0.5) is 0 Å². The van der Waals surface area contributed by atoms with Gasteiger partial charge in [-0.25, -0.2) is 10.4 Å². The van der Waals surface area contributed by atoms with Gasteiger partial charge in [0.15, 0.2) is 0 Å². The first-order valence-corrected chi connectivity index (χ1v) is 9.56. The molecule has 1 aliphatic carbocycles. The predicted molar refractivity (Wildman–Crippen MR) is 102 cm³/mol. The van der Waals surface area contributed by atoms with E-state index in [9.17, 15) is 14.9 Å². The Kier molecular flexibility index (Phi) is 5.36. The number of hydrogen-bond acceptors (Lipinski definition) is 6. The molecule has 1 saturated carbocycles. The van der Waals surface area contributed by atoms with E-state index in [-0.39, 0.29) is 22.8 Å². The second-order valence-electron chi connectivity index (χ2n) is 7.56. The molecule has 0 bridgehead atoms. The van der Waals surface area contributed by atoms with Crippen molar-refractivity contribution in [3.63, 3.8) is 0 Å². The fraction of sp³-hybridized carbons (Fsp3) is 0.474. The summed E-state index contributed by atoms with van der Waals surface area (Å²) in [7, 11) is 0. The lowest BCUT2D eigenvalue weighted by Gasteiger charge is -2.28. The zero-order chi connectivity index (χ0) is 19.5. The van der Waals surface area contributed by atoms with Crippen molar-refractivity contribution in [3.05, 3.63) is 64.2 Å². The topological polar surface area (TPSA) is 114 Å². The van der Waals surface area contributed by atoms with Crippen molar-refractivity contribution in [3.8, 4) is 0 Å². The van der Waals surface area contributed by atoms with Gasteiger partial charge in [0.05, 0.1) is 6.33 Å². The third-order valence-corrected chi connectivity index (χ3v) is 5.72. The molecule has 0 spiro atoms. The molecule has 4 atom stereocenters. The summed E-state index contributed by atoms with van der Waals surface area (Å²) >= 11 is 0. The molecule has 2 aliphatic rings. The molecule has 148 valence electrons. The first-order valence-electron chi connectivity index (χ1n) is 9.56. The van der Waals surface area contributed by atoms with Gasteiger partial charge in [-0.1, -0.05) is 24.3 Å². The van der Waals surface area contributed by atoms with E-state index in [1.807, 2.05) is 35.0 Å². The second kappa shape index (κ2) is 8.07. The van der Waals surface area contributed by atoms with Crippen molar-refractivity contribution in [1.29, 1.82) is 0 Å². The summed E-state index contributed by atoms with van der Waals surface area (Å²) in [6.45, 7) is 1.18. The van der Waals surface area contributed by atoms with Crippen molar-refractivity contribution in [2.24, 2.45) is 5.92 Å². The maximum Gasteiger partial charge on any atom is 0.239 e. The lowest BCUT2D eigenvalue weighted by molar-refractivity contribution is -0.528. The number of fused-ring (bicyclic) bond motifs is 1. The molecule has 1 aromatic heterocycles. The molecule has 3 N–H and O–H groups in total. The van der Waals surface area contributed by atoms with Crippen LogP contribution in [0.25, 0.3) is 0 Å². The number of nitrogens with zero attached hydrogens (tertiary/aromatic N) is 3. The summed E-state index contributed by atoms with van der Waals surface area (Å²) in [6.07, 6.45) is 7.14. The zero-order valence-electron chi connectivity index (χ0n) is 15.5. The number of nitrogens with one attached hydrogen (secondary N) is 3. The van der Waals surface area contributed by atoms with Crippen LogP contribution in [0.1, 0.15) is 30.4 Å². The maximum atomic E-state index is 12.6. The van der Waals surface area contributed by atoms with Crippen molar-refractivity contribution in [2.45, 2.75) is 50.5 Å². The van der Waals surface area contributed by atoms with Gasteiger partial charge in [-0.2, -0.15) is 0 Å². The fourth-order valence-electron chi connectivity index (χ4n) is 4.14. The molecule has 2 fully saturated rings. The molecule has 1 aromatic carbocycles. The normalized spacial score (nSPS) is 26.6. The van der Waals surface area contributed by atoms with E-state index < -0.39 is 12.1 Å². The van der Waals surface area contributed by atoms with Crippen LogP contribution >= 0.6 is 0 Å². The average molecular weight is 384 g/mol. The summed E-state index contributed by atoms with van der Waals surface area (Å²) < 4.78 is 1.99. The minimum Gasteiger partial charge on any atom is -0.351 e. The van der Waals surface area contributed by atoms with E-state index >= 15 is 0 Å². The Hall–Kier alpha value is -2.78. The maximum absolute atomic E-state index is 12.6.